The fourth-order valence-electron chi connectivity index (χ4n) is 1.49. The monoisotopic (exact) mass is 335 g/mol. The van der Waals surface area contributed by atoms with E-state index < -0.39 is 10.0 Å². The molecule has 0 aliphatic rings. The van der Waals surface area contributed by atoms with E-state index in [1.54, 1.807) is 19.9 Å². The molecule has 0 aliphatic carbocycles. The third-order valence-electron chi connectivity index (χ3n) is 2.47. The first-order chi connectivity index (χ1) is 9.28. The molecule has 2 aromatic rings. The standard InChI is InChI=1S/C11H11Cl2N3O3S/c1-6-3-8(15-19-6)5-20(17,18)16-11-10(13)7(2)9(12)4-14-11/h3-4H,5H2,1-2H3,(H,14,16). The van der Waals surface area contributed by atoms with E-state index in [4.69, 9.17) is 27.7 Å². The second kappa shape index (κ2) is 5.59. The van der Waals surface area contributed by atoms with Crippen LogP contribution in [-0.2, 0) is 15.8 Å². The molecule has 0 aliphatic heterocycles. The van der Waals surface area contributed by atoms with Crippen LogP contribution in [0.2, 0.25) is 10.0 Å². The first-order valence-electron chi connectivity index (χ1n) is 5.52. The van der Waals surface area contributed by atoms with Crippen LogP contribution >= 0.6 is 23.2 Å². The first-order valence-corrected chi connectivity index (χ1v) is 7.92. The van der Waals surface area contributed by atoms with Crippen LogP contribution in [0.4, 0.5) is 5.82 Å². The van der Waals surface area contributed by atoms with Gasteiger partial charge in [-0.15, -0.1) is 0 Å². The summed E-state index contributed by atoms with van der Waals surface area (Å²) in [6.45, 7) is 3.35. The number of hydrogen-bond acceptors (Lipinski definition) is 5. The Hall–Kier alpha value is -1.31. The van der Waals surface area contributed by atoms with Gasteiger partial charge in [0, 0.05) is 12.3 Å². The highest BCUT2D eigenvalue weighted by atomic mass is 35.5. The highest BCUT2D eigenvalue weighted by molar-refractivity contribution is 7.91. The van der Waals surface area contributed by atoms with Gasteiger partial charge in [0.05, 0.1) is 10.0 Å². The maximum absolute atomic E-state index is 12.0. The normalized spacial score (nSPS) is 11.6. The second-order valence-electron chi connectivity index (χ2n) is 4.18. The second-order valence-corrected chi connectivity index (χ2v) is 6.69. The lowest BCUT2D eigenvalue weighted by Crippen LogP contribution is -2.16. The Morgan fingerprint density at radius 3 is 2.65 bits per heavy atom. The van der Waals surface area contributed by atoms with Gasteiger partial charge in [0.1, 0.15) is 17.2 Å². The largest absolute Gasteiger partial charge is 0.361 e. The van der Waals surface area contributed by atoms with Crippen molar-refractivity contribution in [3.63, 3.8) is 0 Å². The predicted molar refractivity (Wildman–Crippen MR) is 76.5 cm³/mol. The third kappa shape index (κ3) is 3.41. The molecule has 2 heterocycles. The van der Waals surface area contributed by atoms with E-state index in [1.807, 2.05) is 0 Å². The van der Waals surface area contributed by atoms with Crippen molar-refractivity contribution in [1.29, 1.82) is 0 Å². The summed E-state index contributed by atoms with van der Waals surface area (Å²) < 4.78 is 31.1. The fraction of sp³-hybridized carbons (Fsp3) is 0.273. The van der Waals surface area contributed by atoms with E-state index in [9.17, 15) is 8.42 Å². The summed E-state index contributed by atoms with van der Waals surface area (Å²) in [6.07, 6.45) is 1.33. The Kier molecular flexibility index (Phi) is 4.22. The number of nitrogens with one attached hydrogen (secondary N) is 1. The summed E-state index contributed by atoms with van der Waals surface area (Å²) in [5.41, 5.74) is 0.857. The van der Waals surface area contributed by atoms with Gasteiger partial charge in [0.15, 0.2) is 5.82 Å². The van der Waals surface area contributed by atoms with Gasteiger partial charge in [-0.05, 0) is 19.4 Å². The van der Waals surface area contributed by atoms with Gasteiger partial charge in [0.25, 0.3) is 0 Å². The van der Waals surface area contributed by atoms with Crippen LogP contribution in [0, 0.1) is 13.8 Å². The van der Waals surface area contributed by atoms with Gasteiger partial charge >= 0.3 is 0 Å². The van der Waals surface area contributed by atoms with Gasteiger partial charge in [0.2, 0.25) is 10.0 Å². The highest BCUT2D eigenvalue weighted by Crippen LogP contribution is 2.29. The fourth-order valence-corrected chi connectivity index (χ4v) is 2.98. The minimum atomic E-state index is -3.69. The van der Waals surface area contributed by atoms with Gasteiger partial charge in [-0.2, -0.15) is 0 Å². The first kappa shape index (κ1) is 15.1. The van der Waals surface area contributed by atoms with E-state index in [0.717, 1.165) is 0 Å². The van der Waals surface area contributed by atoms with Crippen molar-refractivity contribution in [3.8, 4) is 0 Å². The maximum atomic E-state index is 12.0. The molecule has 0 bridgehead atoms. The number of sulfonamides is 1. The zero-order valence-corrected chi connectivity index (χ0v) is 13.0. The molecule has 0 aromatic carbocycles. The molecule has 0 saturated carbocycles. The third-order valence-corrected chi connectivity index (χ3v) is 4.49. The van der Waals surface area contributed by atoms with Gasteiger partial charge in [-0.1, -0.05) is 28.4 Å². The minimum Gasteiger partial charge on any atom is -0.361 e. The van der Waals surface area contributed by atoms with E-state index in [2.05, 4.69) is 14.9 Å². The van der Waals surface area contributed by atoms with Crippen LogP contribution in [-0.4, -0.2) is 18.6 Å². The quantitative estimate of drug-likeness (QED) is 0.928. The van der Waals surface area contributed by atoms with E-state index in [0.29, 0.717) is 22.0 Å². The molecule has 6 nitrogen and oxygen atoms in total. The van der Waals surface area contributed by atoms with Crippen LogP contribution in [0.3, 0.4) is 0 Å². The van der Waals surface area contributed by atoms with Crippen molar-refractivity contribution in [3.05, 3.63) is 39.3 Å². The van der Waals surface area contributed by atoms with Crippen LogP contribution in [0.25, 0.3) is 0 Å². The molecular formula is C11H11Cl2N3O3S. The average Bonchev–Trinajstić information content (AvgIpc) is 2.75. The van der Waals surface area contributed by atoms with Crippen molar-refractivity contribution >= 4 is 39.0 Å². The van der Waals surface area contributed by atoms with Crippen LogP contribution in [0.5, 0.6) is 0 Å². The molecule has 0 unspecified atom stereocenters. The van der Waals surface area contributed by atoms with Crippen molar-refractivity contribution < 1.29 is 12.9 Å². The lowest BCUT2D eigenvalue weighted by Gasteiger charge is -2.09. The molecule has 2 aromatic heterocycles. The lowest BCUT2D eigenvalue weighted by atomic mass is 10.3. The predicted octanol–water partition coefficient (Wildman–Crippen LogP) is 2.94. The van der Waals surface area contributed by atoms with Crippen LogP contribution < -0.4 is 4.72 Å². The zero-order chi connectivity index (χ0) is 14.9. The smallest absolute Gasteiger partial charge is 0.239 e. The number of anilines is 1. The minimum absolute atomic E-state index is 0.0359. The van der Waals surface area contributed by atoms with Gasteiger partial charge < -0.3 is 4.52 Å². The molecule has 9 heteroatoms. The Morgan fingerprint density at radius 1 is 1.35 bits per heavy atom. The lowest BCUT2D eigenvalue weighted by molar-refractivity contribution is 0.392. The molecular weight excluding hydrogens is 325 g/mol. The molecule has 2 rings (SSSR count). The topological polar surface area (TPSA) is 85.1 Å². The van der Waals surface area contributed by atoms with Crippen molar-refractivity contribution in [2.45, 2.75) is 19.6 Å². The Morgan fingerprint density at radius 2 is 2.05 bits per heavy atom. The van der Waals surface area contributed by atoms with Crippen LogP contribution in [0.1, 0.15) is 17.0 Å². The van der Waals surface area contributed by atoms with Crippen molar-refractivity contribution in [1.82, 2.24) is 10.1 Å². The summed E-state index contributed by atoms with van der Waals surface area (Å²) in [4.78, 5) is 3.87. The zero-order valence-electron chi connectivity index (χ0n) is 10.6. The Bertz CT molecular complexity index is 743. The Balaban J connectivity index is 2.22. The van der Waals surface area contributed by atoms with Crippen molar-refractivity contribution in [2.75, 3.05) is 4.72 Å². The van der Waals surface area contributed by atoms with Crippen molar-refractivity contribution in [2.24, 2.45) is 0 Å². The van der Waals surface area contributed by atoms with E-state index in [1.165, 1.54) is 6.20 Å². The van der Waals surface area contributed by atoms with E-state index in [-0.39, 0.29) is 16.6 Å². The maximum Gasteiger partial charge on any atom is 0.239 e. The number of rotatable bonds is 4. The number of halogens is 2. The average molecular weight is 336 g/mol. The molecule has 20 heavy (non-hydrogen) atoms. The summed E-state index contributed by atoms with van der Waals surface area (Å²) >= 11 is 11.8. The molecule has 0 fully saturated rings. The molecule has 0 saturated heterocycles. The van der Waals surface area contributed by atoms with Gasteiger partial charge in [-0.25, -0.2) is 13.4 Å². The van der Waals surface area contributed by atoms with Gasteiger partial charge in [-0.3, -0.25) is 4.72 Å². The SMILES string of the molecule is Cc1cc(CS(=O)(=O)Nc2ncc(Cl)c(C)c2Cl)no1. The number of hydrogen-bond donors (Lipinski definition) is 1. The number of aromatic nitrogens is 2. The summed E-state index contributed by atoms with van der Waals surface area (Å²) in [5.74, 6) is 0.242. The number of aryl methyl sites for hydroxylation is 1. The van der Waals surface area contributed by atoms with E-state index >= 15 is 0 Å². The molecule has 0 atom stereocenters. The Labute approximate surface area is 126 Å². The molecule has 0 spiro atoms. The molecule has 1 N–H and O–H groups in total. The molecule has 0 radical (unpaired) electrons. The molecule has 0 amide bonds. The summed E-state index contributed by atoms with van der Waals surface area (Å²) in [7, 11) is -3.69. The number of pyridine rings is 1. The number of nitrogens with zero attached hydrogens (tertiary/aromatic N) is 2. The van der Waals surface area contributed by atoms with Crippen LogP contribution in [0.15, 0.2) is 16.8 Å². The summed E-state index contributed by atoms with van der Waals surface area (Å²) in [6, 6.07) is 1.54. The highest BCUT2D eigenvalue weighted by Gasteiger charge is 2.18. The molecule has 108 valence electrons. The summed E-state index contributed by atoms with van der Waals surface area (Å²) in [5, 5.41) is 4.16.